The maximum Gasteiger partial charge on any atom is 0.207 e. The molecule has 3 aromatic rings. The van der Waals surface area contributed by atoms with E-state index in [4.69, 9.17) is 5.73 Å². The van der Waals surface area contributed by atoms with Crippen LogP contribution in [0.25, 0.3) is 0 Å². The van der Waals surface area contributed by atoms with Gasteiger partial charge in [-0.05, 0) is 42.5 Å². The van der Waals surface area contributed by atoms with Crippen molar-refractivity contribution in [3.63, 3.8) is 0 Å². The predicted octanol–water partition coefficient (Wildman–Crippen LogP) is 2.93. The van der Waals surface area contributed by atoms with E-state index in [0.717, 1.165) is 0 Å². The molecule has 0 spiro atoms. The number of rotatable bonds is 4. The maximum atomic E-state index is 13.0. The Morgan fingerprint density at radius 2 is 1.00 bits per heavy atom. The summed E-state index contributed by atoms with van der Waals surface area (Å²) in [5.41, 5.74) is 5.89. The van der Waals surface area contributed by atoms with E-state index in [9.17, 15) is 16.8 Å². The van der Waals surface area contributed by atoms with Crippen LogP contribution in [0.3, 0.4) is 0 Å². The molecule has 3 rings (SSSR count). The fourth-order valence-electron chi connectivity index (χ4n) is 2.41. The number of anilines is 1. The molecule has 0 saturated carbocycles. The van der Waals surface area contributed by atoms with Crippen molar-refractivity contribution in [3.05, 3.63) is 78.9 Å². The van der Waals surface area contributed by atoms with Crippen LogP contribution < -0.4 is 5.73 Å². The standard InChI is InChI=1S/C18H15NO4S2/c19-14-11-12-17(24(20,21)15-7-3-1-4-8-15)18(13-14)25(22,23)16-9-5-2-6-10-16/h1-13H,19H2. The summed E-state index contributed by atoms with van der Waals surface area (Å²) in [6.45, 7) is 0. The Bertz CT molecular complexity index is 1110. The van der Waals surface area contributed by atoms with Crippen LogP contribution in [0.5, 0.6) is 0 Å². The van der Waals surface area contributed by atoms with Gasteiger partial charge in [0.1, 0.15) is 0 Å². The summed E-state index contributed by atoms with van der Waals surface area (Å²) in [6.07, 6.45) is 0. The van der Waals surface area contributed by atoms with Crippen LogP contribution in [0, 0.1) is 0 Å². The van der Waals surface area contributed by atoms with Gasteiger partial charge < -0.3 is 5.73 Å². The van der Waals surface area contributed by atoms with Crippen molar-refractivity contribution in [2.75, 3.05) is 5.73 Å². The first kappa shape index (κ1) is 17.2. The Morgan fingerprint density at radius 1 is 0.560 bits per heavy atom. The molecule has 0 saturated heterocycles. The molecule has 0 aliphatic rings. The van der Waals surface area contributed by atoms with Gasteiger partial charge in [-0.15, -0.1) is 0 Å². The molecule has 0 aliphatic carbocycles. The zero-order valence-corrected chi connectivity index (χ0v) is 14.7. The maximum absolute atomic E-state index is 13.0. The number of sulfone groups is 2. The molecule has 0 radical (unpaired) electrons. The topological polar surface area (TPSA) is 94.3 Å². The average Bonchev–Trinajstić information content (AvgIpc) is 2.63. The third-order valence-electron chi connectivity index (χ3n) is 3.65. The van der Waals surface area contributed by atoms with Crippen LogP contribution in [0.2, 0.25) is 0 Å². The van der Waals surface area contributed by atoms with Gasteiger partial charge in [0.2, 0.25) is 19.7 Å². The second-order valence-electron chi connectivity index (χ2n) is 5.34. The van der Waals surface area contributed by atoms with Crippen molar-refractivity contribution < 1.29 is 16.8 Å². The van der Waals surface area contributed by atoms with Gasteiger partial charge in [-0.1, -0.05) is 36.4 Å². The molecular formula is C18H15NO4S2. The van der Waals surface area contributed by atoms with Crippen molar-refractivity contribution in [2.45, 2.75) is 19.6 Å². The predicted molar refractivity (Wildman–Crippen MR) is 94.6 cm³/mol. The second kappa shape index (κ2) is 6.34. The van der Waals surface area contributed by atoms with E-state index in [2.05, 4.69) is 0 Å². The zero-order chi connectivity index (χ0) is 18.1. The molecule has 0 heterocycles. The first-order valence-electron chi connectivity index (χ1n) is 7.33. The third-order valence-corrected chi connectivity index (χ3v) is 7.42. The van der Waals surface area contributed by atoms with Crippen LogP contribution in [0.4, 0.5) is 5.69 Å². The van der Waals surface area contributed by atoms with Crippen LogP contribution in [0.15, 0.2) is 98.4 Å². The minimum atomic E-state index is -4.04. The normalized spacial score (nSPS) is 12.0. The molecule has 7 heteroatoms. The van der Waals surface area contributed by atoms with E-state index in [1.54, 1.807) is 36.4 Å². The first-order chi connectivity index (χ1) is 11.8. The molecule has 0 amide bonds. The van der Waals surface area contributed by atoms with E-state index in [0.29, 0.717) is 0 Å². The van der Waals surface area contributed by atoms with Crippen molar-refractivity contribution in [1.29, 1.82) is 0 Å². The first-order valence-corrected chi connectivity index (χ1v) is 10.3. The van der Waals surface area contributed by atoms with Crippen molar-refractivity contribution in [2.24, 2.45) is 0 Å². The molecule has 0 unspecified atom stereocenters. The molecule has 2 N–H and O–H groups in total. The van der Waals surface area contributed by atoms with E-state index < -0.39 is 19.7 Å². The molecule has 0 atom stereocenters. The minimum absolute atomic E-state index is 0.00473. The lowest BCUT2D eigenvalue weighted by atomic mass is 10.3. The van der Waals surface area contributed by atoms with Crippen LogP contribution in [0.1, 0.15) is 0 Å². The highest BCUT2D eigenvalue weighted by Crippen LogP contribution is 2.32. The smallest absolute Gasteiger partial charge is 0.207 e. The summed E-state index contributed by atoms with van der Waals surface area (Å²) in [5.74, 6) is 0. The molecule has 128 valence electrons. The lowest BCUT2D eigenvalue weighted by Gasteiger charge is -2.12. The number of benzene rings is 3. The average molecular weight is 373 g/mol. The van der Waals surface area contributed by atoms with Gasteiger partial charge in [0.15, 0.2) is 0 Å². The Kier molecular flexibility index (Phi) is 4.36. The number of hydrogen-bond donors (Lipinski definition) is 1. The molecular weight excluding hydrogens is 358 g/mol. The highest BCUT2D eigenvalue weighted by Gasteiger charge is 2.29. The highest BCUT2D eigenvalue weighted by atomic mass is 32.2. The van der Waals surface area contributed by atoms with Crippen molar-refractivity contribution >= 4 is 25.4 Å². The third kappa shape index (κ3) is 3.16. The molecule has 25 heavy (non-hydrogen) atoms. The van der Waals surface area contributed by atoms with Gasteiger partial charge in [0, 0.05) is 5.69 Å². The van der Waals surface area contributed by atoms with Gasteiger partial charge in [-0.2, -0.15) is 0 Å². The molecule has 5 nitrogen and oxygen atoms in total. The molecule has 0 aromatic heterocycles. The zero-order valence-electron chi connectivity index (χ0n) is 13.0. The fourth-order valence-corrected chi connectivity index (χ4v) is 5.80. The van der Waals surface area contributed by atoms with E-state index >= 15 is 0 Å². The SMILES string of the molecule is Nc1ccc(S(=O)(=O)c2ccccc2)c(S(=O)(=O)c2ccccc2)c1. The highest BCUT2D eigenvalue weighted by molar-refractivity contribution is 7.94. The van der Waals surface area contributed by atoms with Gasteiger partial charge in [0.25, 0.3) is 0 Å². The summed E-state index contributed by atoms with van der Waals surface area (Å²) in [5, 5.41) is 0. The molecule has 0 bridgehead atoms. The van der Waals surface area contributed by atoms with Crippen molar-refractivity contribution in [1.82, 2.24) is 0 Å². The number of hydrogen-bond acceptors (Lipinski definition) is 5. The second-order valence-corrected chi connectivity index (χ2v) is 9.18. The number of nitrogens with two attached hydrogens (primary N) is 1. The Labute approximate surface area is 146 Å². The number of nitrogen functional groups attached to an aromatic ring is 1. The van der Waals surface area contributed by atoms with Gasteiger partial charge in [0.05, 0.1) is 19.6 Å². The van der Waals surface area contributed by atoms with Crippen LogP contribution >= 0.6 is 0 Å². The summed E-state index contributed by atoms with van der Waals surface area (Å²) < 4.78 is 51.8. The quantitative estimate of drug-likeness (QED) is 0.710. The minimum Gasteiger partial charge on any atom is -0.399 e. The molecule has 0 fully saturated rings. The Morgan fingerprint density at radius 3 is 1.48 bits per heavy atom. The molecule has 0 aliphatic heterocycles. The largest absolute Gasteiger partial charge is 0.399 e. The lowest BCUT2D eigenvalue weighted by Crippen LogP contribution is -2.11. The van der Waals surface area contributed by atoms with Gasteiger partial charge in [-0.3, -0.25) is 0 Å². The Balaban J connectivity index is 2.29. The van der Waals surface area contributed by atoms with E-state index in [1.165, 1.54) is 42.5 Å². The van der Waals surface area contributed by atoms with E-state index in [1.807, 2.05) is 0 Å². The lowest BCUT2D eigenvalue weighted by molar-refractivity contribution is 0.583. The van der Waals surface area contributed by atoms with Gasteiger partial charge >= 0.3 is 0 Å². The van der Waals surface area contributed by atoms with Crippen molar-refractivity contribution in [3.8, 4) is 0 Å². The summed E-state index contributed by atoms with van der Waals surface area (Å²) in [6, 6.07) is 19.1. The Hall–Kier alpha value is -2.64. The summed E-state index contributed by atoms with van der Waals surface area (Å²) in [7, 11) is -8.05. The fraction of sp³-hybridized carbons (Fsp3) is 0. The summed E-state index contributed by atoms with van der Waals surface area (Å²) in [4.78, 5) is -0.603. The van der Waals surface area contributed by atoms with E-state index in [-0.39, 0.29) is 25.3 Å². The van der Waals surface area contributed by atoms with Crippen LogP contribution in [-0.2, 0) is 19.7 Å². The van der Waals surface area contributed by atoms with Crippen LogP contribution in [-0.4, -0.2) is 16.8 Å². The van der Waals surface area contributed by atoms with Gasteiger partial charge in [-0.25, -0.2) is 16.8 Å². The molecule has 3 aromatic carbocycles. The monoisotopic (exact) mass is 373 g/mol. The summed E-state index contributed by atoms with van der Waals surface area (Å²) >= 11 is 0.